The second-order valence-electron chi connectivity index (χ2n) is 4.00. The minimum absolute atomic E-state index is 0.0661. The lowest BCUT2D eigenvalue weighted by Gasteiger charge is -2.20. The third-order valence-electron chi connectivity index (χ3n) is 2.68. The van der Waals surface area contributed by atoms with E-state index in [1.54, 1.807) is 29.2 Å². The molecule has 0 bridgehead atoms. The Morgan fingerprint density at radius 3 is 2.79 bits per heavy atom. The fraction of sp³-hybridized carbons (Fsp3) is 0.400. The Morgan fingerprint density at radius 2 is 2.16 bits per heavy atom. The van der Waals surface area contributed by atoms with Crippen LogP contribution in [0.2, 0.25) is 0 Å². The summed E-state index contributed by atoms with van der Waals surface area (Å²) in [6, 6.07) is 7.03. The van der Waals surface area contributed by atoms with Crippen molar-refractivity contribution >= 4 is 5.91 Å². The summed E-state index contributed by atoms with van der Waals surface area (Å²) in [5.74, 6) is 5.27. The predicted molar refractivity (Wildman–Crippen MR) is 73.7 cm³/mol. The van der Waals surface area contributed by atoms with Gasteiger partial charge in [0, 0.05) is 30.8 Å². The van der Waals surface area contributed by atoms with Gasteiger partial charge in [-0.1, -0.05) is 17.9 Å². The molecule has 19 heavy (non-hydrogen) atoms. The summed E-state index contributed by atoms with van der Waals surface area (Å²) in [5.41, 5.74) is 1.28. The number of carbonyl (C=O) groups is 1. The summed E-state index contributed by atoms with van der Waals surface area (Å²) in [5, 5.41) is 17.5. The second kappa shape index (κ2) is 8.30. The van der Waals surface area contributed by atoms with Gasteiger partial charge < -0.3 is 15.1 Å². The van der Waals surface area contributed by atoms with Gasteiger partial charge in [0.25, 0.3) is 5.91 Å². The average molecular weight is 261 g/mol. The maximum Gasteiger partial charge on any atom is 0.253 e. The molecule has 0 heterocycles. The zero-order valence-corrected chi connectivity index (χ0v) is 11.1. The fourth-order valence-electron chi connectivity index (χ4n) is 1.72. The predicted octanol–water partition coefficient (Wildman–Crippen LogP) is 0.875. The van der Waals surface area contributed by atoms with Crippen LogP contribution in [-0.2, 0) is 0 Å². The summed E-state index contributed by atoms with van der Waals surface area (Å²) < 4.78 is 0. The van der Waals surface area contributed by atoms with Crippen LogP contribution in [0.5, 0.6) is 0 Å². The Hall–Kier alpha value is -1.83. The number of amides is 1. The first-order chi connectivity index (χ1) is 9.22. The molecule has 2 N–H and O–H groups in total. The highest BCUT2D eigenvalue weighted by molar-refractivity contribution is 5.94. The first kappa shape index (κ1) is 15.2. The molecule has 1 rings (SSSR count). The molecule has 102 valence electrons. The zero-order valence-electron chi connectivity index (χ0n) is 11.1. The van der Waals surface area contributed by atoms with Gasteiger partial charge in [0.05, 0.1) is 0 Å². The van der Waals surface area contributed by atoms with E-state index in [9.17, 15) is 4.79 Å². The first-order valence-electron chi connectivity index (χ1n) is 6.32. The lowest BCUT2D eigenvalue weighted by Crippen LogP contribution is -2.32. The van der Waals surface area contributed by atoms with Crippen LogP contribution in [0.3, 0.4) is 0 Å². The number of rotatable bonds is 5. The summed E-state index contributed by atoms with van der Waals surface area (Å²) in [4.78, 5) is 13.9. The first-order valence-corrected chi connectivity index (χ1v) is 6.32. The smallest absolute Gasteiger partial charge is 0.253 e. The number of aliphatic hydroxyl groups excluding tert-OH is 2. The van der Waals surface area contributed by atoms with E-state index in [-0.39, 0.29) is 19.1 Å². The van der Waals surface area contributed by atoms with Crippen molar-refractivity contribution in [1.29, 1.82) is 0 Å². The Bertz CT molecular complexity index is 474. The van der Waals surface area contributed by atoms with Crippen molar-refractivity contribution in [3.8, 4) is 11.8 Å². The third-order valence-corrected chi connectivity index (χ3v) is 2.68. The topological polar surface area (TPSA) is 60.8 Å². The number of nitrogens with zero attached hydrogens (tertiary/aromatic N) is 1. The molecule has 4 heteroatoms. The van der Waals surface area contributed by atoms with Gasteiger partial charge in [0.2, 0.25) is 0 Å². The monoisotopic (exact) mass is 261 g/mol. The molecule has 0 atom stereocenters. The molecule has 0 unspecified atom stereocenters. The van der Waals surface area contributed by atoms with E-state index >= 15 is 0 Å². The largest absolute Gasteiger partial charge is 0.396 e. The fourth-order valence-corrected chi connectivity index (χ4v) is 1.72. The molecular formula is C15H19NO3. The molecule has 0 aliphatic heterocycles. The van der Waals surface area contributed by atoms with E-state index in [4.69, 9.17) is 10.2 Å². The van der Waals surface area contributed by atoms with Crippen LogP contribution in [-0.4, -0.2) is 47.3 Å². The Kier molecular flexibility index (Phi) is 6.65. The molecule has 0 saturated carbocycles. The minimum Gasteiger partial charge on any atom is -0.396 e. The van der Waals surface area contributed by atoms with Crippen molar-refractivity contribution in [2.24, 2.45) is 0 Å². The molecule has 0 fully saturated rings. The highest BCUT2D eigenvalue weighted by atomic mass is 16.3. The molecule has 0 aliphatic rings. The van der Waals surface area contributed by atoms with E-state index in [1.807, 2.05) is 6.92 Å². The summed E-state index contributed by atoms with van der Waals surface area (Å²) in [7, 11) is 0. The minimum atomic E-state index is -0.199. The quantitative estimate of drug-likeness (QED) is 0.773. The van der Waals surface area contributed by atoms with Crippen molar-refractivity contribution in [3.63, 3.8) is 0 Å². The van der Waals surface area contributed by atoms with E-state index in [0.29, 0.717) is 30.6 Å². The molecule has 0 radical (unpaired) electrons. The standard InChI is InChI=1S/C15H19NO3/c1-2-16(9-5-11-18)15(19)14-8-3-6-13(12-14)7-4-10-17/h3,6,8,12,17-18H,2,5,9-11H2,1H3. The van der Waals surface area contributed by atoms with Gasteiger partial charge in [-0.25, -0.2) is 0 Å². The van der Waals surface area contributed by atoms with Crippen molar-refractivity contribution in [2.45, 2.75) is 13.3 Å². The van der Waals surface area contributed by atoms with Crippen LogP contribution < -0.4 is 0 Å². The number of hydrogen-bond acceptors (Lipinski definition) is 3. The van der Waals surface area contributed by atoms with Gasteiger partial charge in [-0.3, -0.25) is 4.79 Å². The lowest BCUT2D eigenvalue weighted by atomic mass is 10.1. The lowest BCUT2D eigenvalue weighted by molar-refractivity contribution is 0.0754. The maximum absolute atomic E-state index is 12.3. The number of carbonyl (C=O) groups excluding carboxylic acids is 1. The average Bonchev–Trinajstić information content (AvgIpc) is 2.46. The molecule has 1 aromatic carbocycles. The van der Waals surface area contributed by atoms with Crippen molar-refractivity contribution in [3.05, 3.63) is 35.4 Å². The Labute approximate surface area is 113 Å². The van der Waals surface area contributed by atoms with Crippen LogP contribution in [0.1, 0.15) is 29.3 Å². The van der Waals surface area contributed by atoms with E-state index in [0.717, 1.165) is 0 Å². The van der Waals surface area contributed by atoms with Crippen molar-refractivity contribution < 1.29 is 15.0 Å². The van der Waals surface area contributed by atoms with Gasteiger partial charge in [0.15, 0.2) is 0 Å². The van der Waals surface area contributed by atoms with Crippen LogP contribution >= 0.6 is 0 Å². The van der Waals surface area contributed by atoms with Crippen LogP contribution in [0.25, 0.3) is 0 Å². The molecule has 4 nitrogen and oxygen atoms in total. The number of aliphatic hydroxyl groups is 2. The maximum atomic E-state index is 12.3. The van der Waals surface area contributed by atoms with Gasteiger partial charge in [-0.05, 0) is 31.5 Å². The summed E-state index contributed by atoms with van der Waals surface area (Å²) in [6.45, 7) is 2.93. The normalized spacial score (nSPS) is 9.63. The molecule has 1 aromatic rings. The van der Waals surface area contributed by atoms with Gasteiger partial charge in [-0.2, -0.15) is 0 Å². The molecular weight excluding hydrogens is 242 g/mol. The van der Waals surface area contributed by atoms with Crippen LogP contribution in [0.15, 0.2) is 24.3 Å². The van der Waals surface area contributed by atoms with E-state index in [2.05, 4.69) is 11.8 Å². The summed E-state index contributed by atoms with van der Waals surface area (Å²) >= 11 is 0. The van der Waals surface area contributed by atoms with Crippen LogP contribution in [0, 0.1) is 11.8 Å². The van der Waals surface area contributed by atoms with Gasteiger partial charge >= 0.3 is 0 Å². The molecule has 0 aromatic heterocycles. The SMILES string of the molecule is CCN(CCCO)C(=O)c1cccc(C#CCO)c1. The second-order valence-corrected chi connectivity index (χ2v) is 4.00. The zero-order chi connectivity index (χ0) is 14.1. The van der Waals surface area contributed by atoms with Crippen LogP contribution in [0.4, 0.5) is 0 Å². The molecule has 0 spiro atoms. The summed E-state index contributed by atoms with van der Waals surface area (Å²) in [6.07, 6.45) is 0.573. The molecule has 1 amide bonds. The van der Waals surface area contributed by atoms with Gasteiger partial charge in [0.1, 0.15) is 6.61 Å². The van der Waals surface area contributed by atoms with Crippen molar-refractivity contribution in [1.82, 2.24) is 4.90 Å². The Morgan fingerprint density at radius 1 is 1.37 bits per heavy atom. The highest BCUT2D eigenvalue weighted by Gasteiger charge is 2.13. The highest BCUT2D eigenvalue weighted by Crippen LogP contribution is 2.08. The number of benzene rings is 1. The molecule has 0 aliphatic carbocycles. The van der Waals surface area contributed by atoms with Crippen molar-refractivity contribution in [2.75, 3.05) is 26.3 Å². The number of hydrogen-bond donors (Lipinski definition) is 2. The van der Waals surface area contributed by atoms with Gasteiger partial charge in [-0.15, -0.1) is 0 Å². The third kappa shape index (κ3) is 4.74. The van der Waals surface area contributed by atoms with E-state index in [1.165, 1.54) is 0 Å². The molecule has 0 saturated heterocycles. The Balaban J connectivity index is 2.85. The van der Waals surface area contributed by atoms with E-state index < -0.39 is 0 Å².